The van der Waals surface area contributed by atoms with Gasteiger partial charge in [0.15, 0.2) is 5.17 Å². The van der Waals surface area contributed by atoms with Crippen molar-refractivity contribution in [3.8, 4) is 0 Å². The summed E-state index contributed by atoms with van der Waals surface area (Å²) in [5, 5.41) is 13.8. The maximum absolute atomic E-state index is 12.3. The molecule has 1 atom stereocenters. The highest BCUT2D eigenvalue weighted by atomic mass is 32.2. The van der Waals surface area contributed by atoms with E-state index in [2.05, 4.69) is 39.8 Å². The van der Waals surface area contributed by atoms with Gasteiger partial charge < -0.3 is 5.32 Å². The van der Waals surface area contributed by atoms with Crippen molar-refractivity contribution < 1.29 is 4.79 Å². The van der Waals surface area contributed by atoms with E-state index in [0.29, 0.717) is 11.6 Å². The summed E-state index contributed by atoms with van der Waals surface area (Å²) in [6.45, 7) is 0. The van der Waals surface area contributed by atoms with Crippen molar-refractivity contribution in [1.82, 2.24) is 5.32 Å². The van der Waals surface area contributed by atoms with Gasteiger partial charge >= 0.3 is 0 Å². The fourth-order valence-corrected chi connectivity index (χ4v) is 3.90. The molecule has 1 amide bonds. The minimum absolute atomic E-state index is 0.0170. The molecule has 0 saturated carbocycles. The average Bonchev–Trinajstić information content (AvgIpc) is 3.02. The van der Waals surface area contributed by atoms with Crippen LogP contribution >= 0.6 is 11.8 Å². The first-order valence-electron chi connectivity index (χ1n) is 8.40. The minimum Gasteiger partial charge on any atom is -0.303 e. The Kier molecular flexibility index (Phi) is 4.80. The number of carbonyl (C=O) groups excluding carboxylic acids is 1. The molecule has 0 radical (unpaired) electrons. The molecule has 1 aliphatic heterocycles. The third-order valence-corrected chi connectivity index (χ3v) is 5.29. The van der Waals surface area contributed by atoms with E-state index in [0.717, 1.165) is 5.56 Å². The summed E-state index contributed by atoms with van der Waals surface area (Å²) in [5.41, 5.74) is 2.14. The molecule has 4 rings (SSSR count). The molecule has 0 bridgehead atoms. The number of hydrogen-bond donors (Lipinski definition) is 1. The van der Waals surface area contributed by atoms with Gasteiger partial charge in [-0.25, -0.2) is 0 Å². The molecule has 4 nitrogen and oxygen atoms in total. The van der Waals surface area contributed by atoms with E-state index in [1.54, 1.807) is 6.21 Å². The highest BCUT2D eigenvalue weighted by Gasteiger charge is 2.30. The Hall–Kier alpha value is -2.92. The maximum Gasteiger partial charge on any atom is 0.239 e. The van der Waals surface area contributed by atoms with Crippen LogP contribution in [0, 0.1) is 0 Å². The molecular formula is C21H17N3OS. The van der Waals surface area contributed by atoms with Crippen LogP contribution in [-0.2, 0) is 11.2 Å². The Morgan fingerprint density at radius 1 is 0.962 bits per heavy atom. The molecular weight excluding hydrogens is 342 g/mol. The fraction of sp³-hybridized carbons (Fsp3) is 0.0952. The second-order valence-corrected chi connectivity index (χ2v) is 7.19. The number of nitrogens with zero attached hydrogens (tertiary/aromatic N) is 2. The molecule has 1 aliphatic rings. The third-order valence-electron chi connectivity index (χ3n) is 4.22. The number of hydrogen-bond acceptors (Lipinski definition) is 4. The number of carbonyl (C=O) groups is 1. The van der Waals surface area contributed by atoms with Gasteiger partial charge in [-0.1, -0.05) is 84.6 Å². The number of rotatable bonds is 4. The second kappa shape index (κ2) is 7.54. The van der Waals surface area contributed by atoms with Gasteiger partial charge in [0, 0.05) is 0 Å². The van der Waals surface area contributed by atoms with E-state index >= 15 is 0 Å². The van der Waals surface area contributed by atoms with Crippen molar-refractivity contribution in [1.29, 1.82) is 0 Å². The van der Waals surface area contributed by atoms with Crippen molar-refractivity contribution in [3.05, 3.63) is 83.9 Å². The molecule has 1 heterocycles. The number of amides is 1. The van der Waals surface area contributed by atoms with Crippen molar-refractivity contribution in [2.75, 3.05) is 0 Å². The minimum atomic E-state index is -0.188. The van der Waals surface area contributed by atoms with Crippen molar-refractivity contribution in [3.63, 3.8) is 0 Å². The molecule has 3 aromatic carbocycles. The van der Waals surface area contributed by atoms with Gasteiger partial charge in [-0.05, 0) is 28.3 Å². The predicted octanol–water partition coefficient (Wildman–Crippen LogP) is 4.00. The lowest BCUT2D eigenvalue weighted by atomic mass is 10.0. The first kappa shape index (κ1) is 16.5. The first-order valence-corrected chi connectivity index (χ1v) is 9.28. The highest BCUT2D eigenvalue weighted by Crippen LogP contribution is 2.27. The van der Waals surface area contributed by atoms with Gasteiger partial charge in [-0.2, -0.15) is 5.10 Å². The summed E-state index contributed by atoms with van der Waals surface area (Å²) >= 11 is 1.43. The summed E-state index contributed by atoms with van der Waals surface area (Å²) in [6, 6.07) is 24.2. The quantitative estimate of drug-likeness (QED) is 0.565. The van der Waals surface area contributed by atoms with Crippen LogP contribution in [0.2, 0.25) is 0 Å². The normalized spacial score (nSPS) is 18.7. The lowest BCUT2D eigenvalue weighted by Crippen LogP contribution is -2.26. The Morgan fingerprint density at radius 2 is 1.73 bits per heavy atom. The maximum atomic E-state index is 12.3. The number of amidine groups is 1. The fourth-order valence-electron chi connectivity index (χ4n) is 2.94. The van der Waals surface area contributed by atoms with Crippen molar-refractivity contribution >= 4 is 39.8 Å². The zero-order valence-corrected chi connectivity index (χ0v) is 14.8. The van der Waals surface area contributed by atoms with Gasteiger partial charge in [0.05, 0.1) is 11.5 Å². The molecule has 5 heteroatoms. The van der Waals surface area contributed by atoms with Crippen molar-refractivity contribution in [2.24, 2.45) is 10.2 Å². The highest BCUT2D eigenvalue weighted by molar-refractivity contribution is 8.15. The van der Waals surface area contributed by atoms with Crippen LogP contribution in [0.4, 0.5) is 0 Å². The predicted molar refractivity (Wildman–Crippen MR) is 109 cm³/mol. The van der Waals surface area contributed by atoms with Crippen LogP contribution in [0.5, 0.6) is 0 Å². The van der Waals surface area contributed by atoms with Crippen LogP contribution in [-0.4, -0.2) is 22.5 Å². The summed E-state index contributed by atoms with van der Waals surface area (Å²) < 4.78 is 0. The van der Waals surface area contributed by atoms with E-state index in [9.17, 15) is 4.79 Å². The van der Waals surface area contributed by atoms with Crippen LogP contribution in [0.1, 0.15) is 11.1 Å². The van der Waals surface area contributed by atoms with Gasteiger partial charge in [0.25, 0.3) is 0 Å². The second-order valence-electron chi connectivity index (χ2n) is 6.00. The molecule has 1 fully saturated rings. The van der Waals surface area contributed by atoms with Crippen LogP contribution < -0.4 is 5.32 Å². The van der Waals surface area contributed by atoms with Crippen LogP contribution in [0.3, 0.4) is 0 Å². The number of nitrogens with one attached hydrogen (secondary N) is 1. The Labute approximate surface area is 156 Å². The van der Waals surface area contributed by atoms with Crippen LogP contribution in [0.15, 0.2) is 83.0 Å². The van der Waals surface area contributed by atoms with Gasteiger partial charge in [0.2, 0.25) is 5.91 Å². The molecule has 1 unspecified atom stereocenters. The number of fused-ring (bicyclic) bond motifs is 1. The van der Waals surface area contributed by atoms with Gasteiger partial charge in [-0.3, -0.25) is 4.79 Å². The smallest absolute Gasteiger partial charge is 0.239 e. The molecule has 1 saturated heterocycles. The number of thioether (sulfide) groups is 1. The summed E-state index contributed by atoms with van der Waals surface area (Å²) in [7, 11) is 0. The Bertz CT molecular complexity index is 993. The van der Waals surface area contributed by atoms with E-state index in [4.69, 9.17) is 0 Å². The third kappa shape index (κ3) is 3.68. The summed E-state index contributed by atoms with van der Waals surface area (Å²) in [4.78, 5) is 12.3. The Morgan fingerprint density at radius 3 is 2.62 bits per heavy atom. The van der Waals surface area contributed by atoms with E-state index in [1.165, 1.54) is 28.1 Å². The molecule has 26 heavy (non-hydrogen) atoms. The van der Waals surface area contributed by atoms with Crippen molar-refractivity contribution in [2.45, 2.75) is 11.7 Å². The molecule has 128 valence electrons. The molecule has 0 aromatic heterocycles. The van der Waals surface area contributed by atoms with E-state index in [1.807, 2.05) is 48.5 Å². The van der Waals surface area contributed by atoms with Crippen LogP contribution in [0.25, 0.3) is 10.8 Å². The Balaban J connectivity index is 1.48. The lowest BCUT2D eigenvalue weighted by molar-refractivity contribution is -0.118. The van der Waals surface area contributed by atoms with E-state index < -0.39 is 0 Å². The lowest BCUT2D eigenvalue weighted by Gasteiger charge is -2.09. The summed E-state index contributed by atoms with van der Waals surface area (Å²) in [6.07, 6.45) is 2.34. The molecule has 0 spiro atoms. The van der Waals surface area contributed by atoms with Gasteiger partial charge in [0.1, 0.15) is 0 Å². The van der Waals surface area contributed by atoms with Gasteiger partial charge in [-0.15, -0.1) is 5.10 Å². The number of benzene rings is 3. The average molecular weight is 359 g/mol. The SMILES string of the molecule is O=C1N/C(=N/N=C/c2ccccc2)SC1Cc1cccc2ccccc12. The van der Waals surface area contributed by atoms with E-state index in [-0.39, 0.29) is 11.2 Å². The molecule has 3 aromatic rings. The first-order chi connectivity index (χ1) is 12.8. The largest absolute Gasteiger partial charge is 0.303 e. The topological polar surface area (TPSA) is 53.8 Å². The molecule has 0 aliphatic carbocycles. The zero-order valence-electron chi connectivity index (χ0n) is 14.0. The standard InChI is InChI=1S/C21H17N3OS/c25-20-19(13-17-11-6-10-16-9-4-5-12-18(16)17)26-21(23-20)24-22-14-15-7-2-1-3-8-15/h1-12,14,19H,13H2,(H,23,24,25)/b22-14+. The molecule has 1 N–H and O–H groups in total. The monoisotopic (exact) mass is 359 g/mol. The zero-order chi connectivity index (χ0) is 17.8. The summed E-state index contributed by atoms with van der Waals surface area (Å²) in [5.74, 6) is -0.0170.